The molecule has 0 aromatic carbocycles. The van der Waals surface area contributed by atoms with E-state index in [9.17, 15) is 4.79 Å². The lowest BCUT2D eigenvalue weighted by atomic mass is 9.95. The first-order valence-corrected chi connectivity index (χ1v) is 9.82. The molecule has 2 aromatic heterocycles. The number of aromatic nitrogens is 3. The zero-order chi connectivity index (χ0) is 19.0. The molecule has 1 saturated carbocycles. The van der Waals surface area contributed by atoms with Gasteiger partial charge in [-0.3, -0.25) is 9.69 Å². The molecule has 2 aliphatic rings. The fraction of sp³-hybridized carbons (Fsp3) is 0.571. The predicted octanol–water partition coefficient (Wildman–Crippen LogP) is 2.81. The molecular formula is C21H28N4O2. The Hall–Kier alpha value is -2.21. The average molecular weight is 368 g/mol. The summed E-state index contributed by atoms with van der Waals surface area (Å²) in [6.45, 7) is 9.18. The van der Waals surface area contributed by atoms with Crippen molar-refractivity contribution in [3.63, 3.8) is 0 Å². The van der Waals surface area contributed by atoms with Gasteiger partial charge in [-0.1, -0.05) is 26.8 Å². The maximum atomic E-state index is 12.6. The molecule has 0 amide bonds. The zero-order valence-corrected chi connectivity index (χ0v) is 16.4. The first-order chi connectivity index (χ1) is 12.9. The van der Waals surface area contributed by atoms with Gasteiger partial charge in [-0.15, -0.1) is 0 Å². The van der Waals surface area contributed by atoms with Gasteiger partial charge in [0.15, 0.2) is 0 Å². The first-order valence-electron chi connectivity index (χ1n) is 9.82. The van der Waals surface area contributed by atoms with E-state index in [1.54, 1.807) is 6.20 Å². The highest BCUT2D eigenvalue weighted by Gasteiger charge is 2.26. The molecular weight excluding hydrogens is 340 g/mol. The molecule has 1 fully saturated rings. The van der Waals surface area contributed by atoms with Crippen LogP contribution in [0.4, 0.5) is 0 Å². The molecule has 0 unspecified atom stereocenters. The number of hydrogen-bond acceptors (Lipinski definition) is 5. The highest BCUT2D eigenvalue weighted by molar-refractivity contribution is 5.27. The Kier molecular flexibility index (Phi) is 4.76. The molecule has 27 heavy (non-hydrogen) atoms. The lowest BCUT2D eigenvalue weighted by Crippen LogP contribution is -2.37. The molecule has 1 aliphatic heterocycles. The summed E-state index contributed by atoms with van der Waals surface area (Å²) >= 11 is 0. The fourth-order valence-electron chi connectivity index (χ4n) is 3.37. The second-order valence-electron chi connectivity index (χ2n) is 8.77. The summed E-state index contributed by atoms with van der Waals surface area (Å²) in [6.07, 6.45) is 5.09. The number of fused-ring (bicyclic) bond motifs is 1. The standard InChI is InChI=1S/C21H28N4O2/c1-21(2,3)20-23-17-8-10-25(12-16(17)18(26)24-20)11-15-5-4-9-22-19(15)27-13-14-6-7-14/h4-5,9,14H,6-8,10-13H2,1-3H3,(H,23,24,26). The Labute approximate surface area is 160 Å². The Balaban J connectivity index is 1.50. The van der Waals surface area contributed by atoms with Crippen molar-refractivity contribution in [3.05, 3.63) is 51.3 Å². The smallest absolute Gasteiger partial charge is 0.255 e. The second-order valence-corrected chi connectivity index (χ2v) is 8.77. The summed E-state index contributed by atoms with van der Waals surface area (Å²) in [5.41, 5.74) is 2.65. The van der Waals surface area contributed by atoms with Crippen LogP contribution in [0, 0.1) is 5.92 Å². The molecule has 1 aliphatic carbocycles. The van der Waals surface area contributed by atoms with Crippen LogP contribution < -0.4 is 10.3 Å². The SMILES string of the molecule is CC(C)(C)c1nc2c(c(=O)[nH]1)CN(Cc1cccnc1OCC1CC1)CC2. The van der Waals surface area contributed by atoms with Crippen LogP contribution in [0.5, 0.6) is 5.88 Å². The molecule has 0 radical (unpaired) electrons. The van der Waals surface area contributed by atoms with E-state index in [4.69, 9.17) is 9.72 Å². The number of rotatable bonds is 5. The van der Waals surface area contributed by atoms with Gasteiger partial charge in [0.1, 0.15) is 5.82 Å². The second kappa shape index (κ2) is 7.08. The summed E-state index contributed by atoms with van der Waals surface area (Å²) in [5.74, 6) is 2.19. The average Bonchev–Trinajstić information content (AvgIpc) is 3.45. The van der Waals surface area contributed by atoms with E-state index in [2.05, 4.69) is 41.7 Å². The summed E-state index contributed by atoms with van der Waals surface area (Å²) in [5, 5.41) is 0. The Bertz CT molecular complexity index is 880. The van der Waals surface area contributed by atoms with Gasteiger partial charge in [-0.05, 0) is 24.8 Å². The van der Waals surface area contributed by atoms with Crippen LogP contribution in [0.2, 0.25) is 0 Å². The number of ether oxygens (including phenoxy) is 1. The van der Waals surface area contributed by atoms with Crippen LogP contribution in [0.15, 0.2) is 23.1 Å². The van der Waals surface area contributed by atoms with Crippen LogP contribution in [0.1, 0.15) is 56.3 Å². The van der Waals surface area contributed by atoms with Gasteiger partial charge in [-0.25, -0.2) is 9.97 Å². The minimum absolute atomic E-state index is 0.00832. The van der Waals surface area contributed by atoms with Crippen LogP contribution in [-0.2, 0) is 24.9 Å². The molecule has 2 aromatic rings. The normalized spacial score (nSPS) is 17.6. The molecule has 1 N–H and O–H groups in total. The molecule has 0 bridgehead atoms. The summed E-state index contributed by atoms with van der Waals surface area (Å²) in [7, 11) is 0. The number of nitrogens with zero attached hydrogens (tertiary/aromatic N) is 3. The Morgan fingerprint density at radius 3 is 2.89 bits per heavy atom. The van der Waals surface area contributed by atoms with Gasteiger partial charge >= 0.3 is 0 Å². The fourth-order valence-corrected chi connectivity index (χ4v) is 3.37. The highest BCUT2D eigenvalue weighted by Crippen LogP contribution is 2.30. The number of hydrogen-bond donors (Lipinski definition) is 1. The van der Waals surface area contributed by atoms with Crippen LogP contribution in [0.3, 0.4) is 0 Å². The van der Waals surface area contributed by atoms with Gasteiger partial charge < -0.3 is 9.72 Å². The van der Waals surface area contributed by atoms with Gasteiger partial charge in [0, 0.05) is 43.2 Å². The minimum atomic E-state index is -0.158. The van der Waals surface area contributed by atoms with Crippen molar-refractivity contribution in [1.82, 2.24) is 19.9 Å². The lowest BCUT2D eigenvalue weighted by molar-refractivity contribution is 0.229. The number of nitrogens with one attached hydrogen (secondary N) is 1. The van der Waals surface area contributed by atoms with Gasteiger partial charge in [-0.2, -0.15) is 0 Å². The van der Waals surface area contributed by atoms with E-state index in [1.807, 2.05) is 6.07 Å². The van der Waals surface area contributed by atoms with E-state index in [0.29, 0.717) is 12.5 Å². The molecule has 3 heterocycles. The zero-order valence-electron chi connectivity index (χ0n) is 16.4. The monoisotopic (exact) mass is 368 g/mol. The molecule has 6 nitrogen and oxygen atoms in total. The van der Waals surface area contributed by atoms with E-state index < -0.39 is 0 Å². The number of aromatic amines is 1. The summed E-state index contributed by atoms with van der Waals surface area (Å²) < 4.78 is 5.93. The quantitative estimate of drug-likeness (QED) is 0.879. The molecule has 144 valence electrons. The van der Waals surface area contributed by atoms with Crippen molar-refractivity contribution in [2.75, 3.05) is 13.2 Å². The van der Waals surface area contributed by atoms with Crippen LogP contribution in [0.25, 0.3) is 0 Å². The van der Waals surface area contributed by atoms with Crippen molar-refractivity contribution in [2.24, 2.45) is 5.92 Å². The Morgan fingerprint density at radius 2 is 2.15 bits per heavy atom. The van der Waals surface area contributed by atoms with E-state index in [-0.39, 0.29) is 11.0 Å². The number of pyridine rings is 1. The Morgan fingerprint density at radius 1 is 1.33 bits per heavy atom. The van der Waals surface area contributed by atoms with Crippen molar-refractivity contribution < 1.29 is 4.74 Å². The van der Waals surface area contributed by atoms with Gasteiger partial charge in [0.2, 0.25) is 5.88 Å². The van der Waals surface area contributed by atoms with Crippen LogP contribution in [-0.4, -0.2) is 33.0 Å². The summed E-state index contributed by atoms with van der Waals surface area (Å²) in [4.78, 5) is 27.0. The van der Waals surface area contributed by atoms with Gasteiger partial charge in [0.25, 0.3) is 5.56 Å². The maximum Gasteiger partial charge on any atom is 0.255 e. The number of H-pyrrole nitrogens is 1. The van der Waals surface area contributed by atoms with Gasteiger partial charge in [0.05, 0.1) is 17.9 Å². The topological polar surface area (TPSA) is 71.1 Å². The maximum absolute atomic E-state index is 12.6. The molecule has 4 rings (SSSR count). The molecule has 6 heteroatoms. The lowest BCUT2D eigenvalue weighted by Gasteiger charge is -2.29. The molecule has 0 saturated heterocycles. The highest BCUT2D eigenvalue weighted by atomic mass is 16.5. The van der Waals surface area contributed by atoms with E-state index in [0.717, 1.165) is 54.6 Å². The van der Waals surface area contributed by atoms with Crippen molar-refractivity contribution >= 4 is 0 Å². The van der Waals surface area contributed by atoms with Crippen LogP contribution >= 0.6 is 0 Å². The minimum Gasteiger partial charge on any atom is -0.477 e. The molecule has 0 atom stereocenters. The van der Waals surface area contributed by atoms with Crippen molar-refractivity contribution in [1.29, 1.82) is 0 Å². The van der Waals surface area contributed by atoms with E-state index in [1.165, 1.54) is 12.8 Å². The third-order valence-corrected chi connectivity index (χ3v) is 5.25. The molecule has 0 spiro atoms. The van der Waals surface area contributed by atoms with Crippen molar-refractivity contribution in [2.45, 2.75) is 58.5 Å². The van der Waals surface area contributed by atoms with E-state index >= 15 is 0 Å². The summed E-state index contributed by atoms with van der Waals surface area (Å²) in [6, 6.07) is 4.01. The largest absolute Gasteiger partial charge is 0.477 e. The van der Waals surface area contributed by atoms with Crippen molar-refractivity contribution in [3.8, 4) is 5.88 Å². The third kappa shape index (κ3) is 4.21. The first kappa shape index (κ1) is 18.2. The third-order valence-electron chi connectivity index (χ3n) is 5.25. The predicted molar refractivity (Wildman–Crippen MR) is 104 cm³/mol.